The molecule has 0 aliphatic carbocycles. The Hall–Kier alpha value is -3.45. The van der Waals surface area contributed by atoms with Gasteiger partial charge in [0, 0.05) is 24.5 Å². The Bertz CT molecular complexity index is 1090. The monoisotopic (exact) mass is 432 g/mol. The minimum atomic E-state index is -0.252. The smallest absolute Gasteiger partial charge is 0.273 e. The van der Waals surface area contributed by atoms with Gasteiger partial charge in [-0.15, -0.1) is 0 Å². The molecule has 0 bridgehead atoms. The molecule has 1 atom stereocenters. The maximum atomic E-state index is 13.5. The van der Waals surface area contributed by atoms with Crippen molar-refractivity contribution in [2.24, 2.45) is 0 Å². The first kappa shape index (κ1) is 21.8. The zero-order valence-corrected chi connectivity index (χ0v) is 18.5. The zero-order valence-electron chi connectivity index (χ0n) is 18.5. The Morgan fingerprint density at radius 2 is 1.97 bits per heavy atom. The molecule has 0 spiro atoms. The summed E-state index contributed by atoms with van der Waals surface area (Å²) in [4.78, 5) is 32.2. The normalized spacial score (nSPS) is 15.5. The molecule has 1 aliphatic rings. The van der Waals surface area contributed by atoms with Crippen molar-refractivity contribution in [3.8, 4) is 5.69 Å². The van der Waals surface area contributed by atoms with Crippen molar-refractivity contribution in [2.45, 2.75) is 32.8 Å². The number of ether oxygens (including phenoxy) is 1. The molecule has 1 aromatic heterocycles. The molecule has 7 nitrogen and oxygen atoms in total. The highest BCUT2D eigenvalue weighted by atomic mass is 16.5. The SMILES string of the molecule is Cc1cccc(NC(=O)CN(CC2CCCO2)C(=O)c2cncn2-c2ccccc2)c1C. The third-order valence-electron chi connectivity index (χ3n) is 5.84. The maximum absolute atomic E-state index is 13.5. The Balaban J connectivity index is 1.55. The molecule has 0 radical (unpaired) electrons. The lowest BCUT2D eigenvalue weighted by molar-refractivity contribution is -0.117. The molecule has 0 saturated carbocycles. The van der Waals surface area contributed by atoms with Crippen LogP contribution in [0.15, 0.2) is 61.1 Å². The van der Waals surface area contributed by atoms with Crippen molar-refractivity contribution in [2.75, 3.05) is 25.0 Å². The molecule has 1 aliphatic heterocycles. The van der Waals surface area contributed by atoms with E-state index in [1.807, 2.05) is 62.4 Å². The first-order valence-electron chi connectivity index (χ1n) is 10.9. The molecule has 166 valence electrons. The van der Waals surface area contributed by atoms with Gasteiger partial charge in [-0.25, -0.2) is 4.98 Å². The van der Waals surface area contributed by atoms with Crippen LogP contribution in [-0.2, 0) is 9.53 Å². The van der Waals surface area contributed by atoms with E-state index in [2.05, 4.69) is 10.3 Å². The number of carbonyl (C=O) groups is 2. The quantitative estimate of drug-likeness (QED) is 0.617. The van der Waals surface area contributed by atoms with Gasteiger partial charge >= 0.3 is 0 Å². The molecule has 2 amide bonds. The molecule has 1 unspecified atom stereocenters. The highest BCUT2D eigenvalue weighted by Gasteiger charge is 2.27. The van der Waals surface area contributed by atoms with Crippen LogP contribution in [0, 0.1) is 13.8 Å². The van der Waals surface area contributed by atoms with Crippen LogP contribution in [0.3, 0.4) is 0 Å². The number of nitrogens with one attached hydrogen (secondary N) is 1. The minimum absolute atomic E-state index is 0.0634. The average Bonchev–Trinajstić information content (AvgIpc) is 3.49. The van der Waals surface area contributed by atoms with Gasteiger partial charge in [0.1, 0.15) is 12.2 Å². The Morgan fingerprint density at radius 3 is 2.72 bits per heavy atom. The maximum Gasteiger partial charge on any atom is 0.273 e. The summed E-state index contributed by atoms with van der Waals surface area (Å²) in [5.74, 6) is -0.492. The van der Waals surface area contributed by atoms with Gasteiger partial charge in [0.05, 0.1) is 18.6 Å². The molecule has 1 N–H and O–H groups in total. The molecule has 32 heavy (non-hydrogen) atoms. The van der Waals surface area contributed by atoms with Crippen LogP contribution in [0.2, 0.25) is 0 Å². The lowest BCUT2D eigenvalue weighted by Crippen LogP contribution is -2.43. The molecular weight excluding hydrogens is 404 g/mol. The van der Waals surface area contributed by atoms with Crippen LogP contribution in [0.4, 0.5) is 5.69 Å². The molecule has 2 aromatic carbocycles. The molecule has 7 heteroatoms. The van der Waals surface area contributed by atoms with E-state index in [-0.39, 0.29) is 24.5 Å². The van der Waals surface area contributed by atoms with Gasteiger partial charge in [-0.1, -0.05) is 30.3 Å². The number of rotatable bonds is 7. The number of carbonyl (C=O) groups excluding carboxylic acids is 2. The van der Waals surface area contributed by atoms with Gasteiger partial charge in [0.25, 0.3) is 5.91 Å². The standard InChI is InChI=1S/C25H28N4O3/c1-18-8-6-12-22(19(18)2)27-24(30)16-28(15-21-11-7-13-32-21)25(31)23-14-26-17-29(23)20-9-4-3-5-10-20/h3-6,8-10,12,14,17,21H,7,11,13,15-16H2,1-2H3,(H,27,30). The number of benzene rings is 2. The summed E-state index contributed by atoms with van der Waals surface area (Å²) in [6.45, 7) is 4.95. The second-order valence-electron chi connectivity index (χ2n) is 8.10. The van der Waals surface area contributed by atoms with Crippen molar-refractivity contribution in [1.82, 2.24) is 14.5 Å². The molecular formula is C25H28N4O3. The molecule has 1 saturated heterocycles. The lowest BCUT2D eigenvalue weighted by atomic mass is 10.1. The Morgan fingerprint density at radius 1 is 1.16 bits per heavy atom. The zero-order chi connectivity index (χ0) is 22.5. The van der Waals surface area contributed by atoms with Gasteiger partial charge in [-0.3, -0.25) is 14.2 Å². The van der Waals surface area contributed by atoms with Crippen LogP contribution >= 0.6 is 0 Å². The highest BCUT2D eigenvalue weighted by molar-refractivity contribution is 5.99. The first-order valence-corrected chi connectivity index (χ1v) is 10.9. The van der Waals surface area contributed by atoms with Crippen molar-refractivity contribution in [1.29, 1.82) is 0 Å². The van der Waals surface area contributed by atoms with E-state index >= 15 is 0 Å². The van der Waals surface area contributed by atoms with Crippen molar-refractivity contribution < 1.29 is 14.3 Å². The van der Waals surface area contributed by atoms with E-state index in [0.717, 1.165) is 35.3 Å². The van der Waals surface area contributed by atoms with Gasteiger partial charge in [0.2, 0.25) is 5.91 Å². The van der Waals surface area contributed by atoms with E-state index in [0.29, 0.717) is 18.8 Å². The van der Waals surface area contributed by atoms with Crippen LogP contribution in [0.25, 0.3) is 5.69 Å². The van der Waals surface area contributed by atoms with E-state index < -0.39 is 0 Å². The second-order valence-corrected chi connectivity index (χ2v) is 8.10. The highest BCUT2D eigenvalue weighted by Crippen LogP contribution is 2.20. The van der Waals surface area contributed by atoms with E-state index in [1.165, 1.54) is 0 Å². The Kier molecular flexibility index (Phi) is 6.66. The van der Waals surface area contributed by atoms with Crippen LogP contribution in [-0.4, -0.2) is 52.1 Å². The predicted molar refractivity (Wildman–Crippen MR) is 123 cm³/mol. The van der Waals surface area contributed by atoms with Gasteiger partial charge in [-0.2, -0.15) is 0 Å². The molecule has 4 rings (SSSR count). The molecule has 1 fully saturated rings. The van der Waals surface area contributed by atoms with Crippen molar-refractivity contribution in [3.05, 3.63) is 77.9 Å². The molecule has 3 aromatic rings. The van der Waals surface area contributed by atoms with Gasteiger partial charge < -0.3 is 15.0 Å². The van der Waals surface area contributed by atoms with E-state index in [1.54, 1.807) is 22.0 Å². The fourth-order valence-corrected chi connectivity index (χ4v) is 3.91. The van der Waals surface area contributed by atoms with Crippen molar-refractivity contribution >= 4 is 17.5 Å². The summed E-state index contributed by atoms with van der Waals surface area (Å²) >= 11 is 0. The average molecular weight is 433 g/mol. The number of aryl methyl sites for hydroxylation is 1. The van der Waals surface area contributed by atoms with Crippen LogP contribution < -0.4 is 5.32 Å². The fraction of sp³-hybridized carbons (Fsp3) is 0.320. The number of hydrogen-bond donors (Lipinski definition) is 1. The number of anilines is 1. The van der Waals surface area contributed by atoms with Crippen LogP contribution in [0.1, 0.15) is 34.5 Å². The summed E-state index contributed by atoms with van der Waals surface area (Å²) in [5, 5.41) is 2.96. The molecule has 2 heterocycles. The second kappa shape index (κ2) is 9.78. The minimum Gasteiger partial charge on any atom is -0.376 e. The first-order chi connectivity index (χ1) is 15.5. The van der Waals surface area contributed by atoms with E-state index in [9.17, 15) is 9.59 Å². The summed E-state index contributed by atoms with van der Waals surface area (Å²) in [5.41, 5.74) is 4.12. The number of amides is 2. The largest absolute Gasteiger partial charge is 0.376 e. The third kappa shape index (κ3) is 4.89. The topological polar surface area (TPSA) is 76.5 Å². The summed E-state index contributed by atoms with van der Waals surface area (Å²) in [7, 11) is 0. The predicted octanol–water partition coefficient (Wildman–Crippen LogP) is 3.75. The van der Waals surface area contributed by atoms with E-state index in [4.69, 9.17) is 4.74 Å². The number of hydrogen-bond acceptors (Lipinski definition) is 4. The number of imidazole rings is 1. The number of para-hydroxylation sites is 1. The Labute approximate surface area is 188 Å². The van der Waals surface area contributed by atoms with Gasteiger partial charge in [-0.05, 0) is 56.0 Å². The van der Waals surface area contributed by atoms with Gasteiger partial charge in [0.15, 0.2) is 0 Å². The van der Waals surface area contributed by atoms with Crippen molar-refractivity contribution in [3.63, 3.8) is 0 Å². The summed E-state index contributed by atoms with van der Waals surface area (Å²) in [6, 6.07) is 15.3. The fourth-order valence-electron chi connectivity index (χ4n) is 3.91. The lowest BCUT2D eigenvalue weighted by Gasteiger charge is -2.25. The third-order valence-corrected chi connectivity index (χ3v) is 5.84. The summed E-state index contributed by atoms with van der Waals surface area (Å²) in [6.07, 6.45) is 4.92. The van der Waals surface area contributed by atoms with Crippen LogP contribution in [0.5, 0.6) is 0 Å². The number of aromatic nitrogens is 2. The number of nitrogens with zero attached hydrogens (tertiary/aromatic N) is 3. The summed E-state index contributed by atoms with van der Waals surface area (Å²) < 4.78 is 7.50.